The SMILES string of the molecule is O=C(NCCN1CCCC[C@H]1CO)C1CCN(C(=O)C2CCC2)CC1. The molecule has 25 heavy (non-hydrogen) atoms. The first-order valence-corrected chi connectivity index (χ1v) is 10.1. The molecule has 3 fully saturated rings. The minimum atomic E-state index is 0.0421. The Kier molecular flexibility index (Phi) is 6.70. The highest BCUT2D eigenvalue weighted by atomic mass is 16.3. The lowest BCUT2D eigenvalue weighted by molar-refractivity contribution is -0.141. The predicted molar refractivity (Wildman–Crippen MR) is 96.0 cm³/mol. The molecule has 3 rings (SSSR count). The van der Waals surface area contributed by atoms with E-state index in [9.17, 15) is 14.7 Å². The van der Waals surface area contributed by atoms with Gasteiger partial charge in [-0.15, -0.1) is 0 Å². The van der Waals surface area contributed by atoms with E-state index < -0.39 is 0 Å². The van der Waals surface area contributed by atoms with Gasteiger partial charge in [0.2, 0.25) is 11.8 Å². The summed E-state index contributed by atoms with van der Waals surface area (Å²) in [6.07, 6.45) is 8.27. The van der Waals surface area contributed by atoms with E-state index in [0.29, 0.717) is 12.5 Å². The van der Waals surface area contributed by atoms with Gasteiger partial charge in [-0.3, -0.25) is 14.5 Å². The van der Waals surface area contributed by atoms with Crippen LogP contribution in [0.15, 0.2) is 0 Å². The van der Waals surface area contributed by atoms with Crippen molar-refractivity contribution < 1.29 is 14.7 Å². The summed E-state index contributed by atoms with van der Waals surface area (Å²) in [7, 11) is 0. The first-order chi connectivity index (χ1) is 12.2. The highest BCUT2D eigenvalue weighted by molar-refractivity contribution is 5.81. The Balaban J connectivity index is 1.34. The Labute approximate surface area is 150 Å². The van der Waals surface area contributed by atoms with Gasteiger partial charge in [0.1, 0.15) is 0 Å². The van der Waals surface area contributed by atoms with Gasteiger partial charge < -0.3 is 15.3 Å². The normalized spacial score (nSPS) is 26.3. The van der Waals surface area contributed by atoms with Crippen molar-refractivity contribution in [3.8, 4) is 0 Å². The molecule has 0 bridgehead atoms. The van der Waals surface area contributed by atoms with Crippen LogP contribution in [-0.4, -0.2) is 72.1 Å². The molecule has 2 aliphatic heterocycles. The fraction of sp³-hybridized carbons (Fsp3) is 0.895. The number of rotatable bonds is 6. The number of nitrogens with zero attached hydrogens (tertiary/aromatic N) is 2. The fourth-order valence-electron chi connectivity index (χ4n) is 4.30. The average molecular weight is 351 g/mol. The molecule has 1 atom stereocenters. The van der Waals surface area contributed by atoms with E-state index in [4.69, 9.17) is 0 Å². The van der Waals surface area contributed by atoms with E-state index >= 15 is 0 Å². The molecule has 1 aliphatic carbocycles. The van der Waals surface area contributed by atoms with Crippen molar-refractivity contribution in [2.45, 2.75) is 57.4 Å². The van der Waals surface area contributed by atoms with Crippen molar-refractivity contribution in [3.05, 3.63) is 0 Å². The largest absolute Gasteiger partial charge is 0.395 e. The quantitative estimate of drug-likeness (QED) is 0.748. The van der Waals surface area contributed by atoms with Crippen molar-refractivity contribution in [2.24, 2.45) is 11.8 Å². The third kappa shape index (κ3) is 4.73. The summed E-state index contributed by atoms with van der Waals surface area (Å²) in [6.45, 7) is 4.15. The minimum absolute atomic E-state index is 0.0421. The Morgan fingerprint density at radius 2 is 1.68 bits per heavy atom. The van der Waals surface area contributed by atoms with Gasteiger partial charge >= 0.3 is 0 Å². The molecular formula is C19H33N3O3. The van der Waals surface area contributed by atoms with Crippen molar-refractivity contribution >= 4 is 11.8 Å². The standard InChI is InChI=1S/C19H33N3O3/c23-14-17-6-1-2-10-21(17)13-9-20-18(24)15-7-11-22(12-8-15)19(25)16-4-3-5-16/h15-17,23H,1-14H2,(H,20,24)/t17-/m0/s1. The van der Waals surface area contributed by atoms with Crippen molar-refractivity contribution in [1.29, 1.82) is 0 Å². The first kappa shape index (κ1) is 18.6. The van der Waals surface area contributed by atoms with E-state index in [1.165, 1.54) is 19.3 Å². The molecule has 2 amide bonds. The number of aliphatic hydroxyl groups excluding tert-OH is 1. The second kappa shape index (κ2) is 8.99. The van der Waals surface area contributed by atoms with Crippen LogP contribution in [-0.2, 0) is 9.59 Å². The van der Waals surface area contributed by atoms with Crippen LogP contribution in [0, 0.1) is 11.8 Å². The Morgan fingerprint density at radius 3 is 2.32 bits per heavy atom. The molecule has 0 aromatic rings. The topological polar surface area (TPSA) is 72.9 Å². The van der Waals surface area contributed by atoms with Gasteiger partial charge in [0.05, 0.1) is 6.61 Å². The Hall–Kier alpha value is -1.14. The van der Waals surface area contributed by atoms with Crippen LogP contribution in [0.3, 0.4) is 0 Å². The van der Waals surface area contributed by atoms with E-state index in [1.54, 1.807) is 0 Å². The maximum atomic E-state index is 12.4. The average Bonchev–Trinajstić information content (AvgIpc) is 2.60. The van der Waals surface area contributed by atoms with Gasteiger partial charge in [-0.1, -0.05) is 12.8 Å². The van der Waals surface area contributed by atoms with Gasteiger partial charge in [0.25, 0.3) is 0 Å². The maximum Gasteiger partial charge on any atom is 0.225 e. The van der Waals surface area contributed by atoms with Gasteiger partial charge in [-0.2, -0.15) is 0 Å². The third-order valence-electron chi connectivity index (χ3n) is 6.29. The number of hydrogen-bond donors (Lipinski definition) is 2. The monoisotopic (exact) mass is 351 g/mol. The number of carbonyl (C=O) groups is 2. The van der Waals surface area contributed by atoms with Gasteiger partial charge in [-0.25, -0.2) is 0 Å². The zero-order valence-electron chi connectivity index (χ0n) is 15.3. The summed E-state index contributed by atoms with van der Waals surface area (Å²) in [5, 5.41) is 12.5. The minimum Gasteiger partial charge on any atom is -0.395 e. The molecule has 0 radical (unpaired) electrons. The lowest BCUT2D eigenvalue weighted by Gasteiger charge is -2.36. The zero-order chi connectivity index (χ0) is 17.6. The summed E-state index contributed by atoms with van der Waals surface area (Å²) < 4.78 is 0. The molecule has 0 unspecified atom stereocenters. The summed E-state index contributed by atoms with van der Waals surface area (Å²) in [4.78, 5) is 28.9. The smallest absolute Gasteiger partial charge is 0.225 e. The van der Waals surface area contributed by atoms with E-state index in [-0.39, 0.29) is 30.4 Å². The predicted octanol–water partition coefficient (Wildman–Crippen LogP) is 0.988. The van der Waals surface area contributed by atoms with Crippen molar-refractivity contribution in [1.82, 2.24) is 15.1 Å². The molecule has 0 aromatic carbocycles. The number of amides is 2. The van der Waals surface area contributed by atoms with E-state index in [1.807, 2.05) is 4.90 Å². The number of piperidine rings is 2. The van der Waals surface area contributed by atoms with Crippen LogP contribution in [0.25, 0.3) is 0 Å². The Morgan fingerprint density at radius 1 is 0.920 bits per heavy atom. The summed E-state index contributed by atoms with van der Waals surface area (Å²) in [6, 6.07) is 0.256. The van der Waals surface area contributed by atoms with Crippen LogP contribution in [0.5, 0.6) is 0 Å². The molecule has 2 N–H and O–H groups in total. The first-order valence-electron chi connectivity index (χ1n) is 10.1. The van der Waals surface area contributed by atoms with E-state index in [0.717, 1.165) is 58.3 Å². The summed E-state index contributed by atoms with van der Waals surface area (Å²) in [5.74, 6) is 0.744. The number of hydrogen-bond acceptors (Lipinski definition) is 4. The maximum absolute atomic E-state index is 12.4. The number of nitrogens with one attached hydrogen (secondary N) is 1. The number of likely N-dealkylation sites (tertiary alicyclic amines) is 2. The van der Waals surface area contributed by atoms with Crippen LogP contribution >= 0.6 is 0 Å². The van der Waals surface area contributed by atoms with Crippen molar-refractivity contribution in [2.75, 3.05) is 39.3 Å². The van der Waals surface area contributed by atoms with Gasteiger partial charge in [0.15, 0.2) is 0 Å². The molecule has 142 valence electrons. The van der Waals surface area contributed by atoms with E-state index in [2.05, 4.69) is 10.2 Å². The molecule has 1 saturated carbocycles. The summed E-state index contributed by atoms with van der Waals surface area (Å²) >= 11 is 0. The summed E-state index contributed by atoms with van der Waals surface area (Å²) in [5.41, 5.74) is 0. The molecule has 6 heteroatoms. The lowest BCUT2D eigenvalue weighted by atomic mass is 9.83. The molecule has 6 nitrogen and oxygen atoms in total. The highest BCUT2D eigenvalue weighted by Crippen LogP contribution is 2.30. The molecule has 0 spiro atoms. The van der Waals surface area contributed by atoms with Gasteiger partial charge in [0, 0.05) is 44.1 Å². The second-order valence-corrected chi connectivity index (χ2v) is 7.89. The highest BCUT2D eigenvalue weighted by Gasteiger charge is 2.33. The fourth-order valence-corrected chi connectivity index (χ4v) is 4.30. The van der Waals surface area contributed by atoms with Crippen LogP contribution < -0.4 is 5.32 Å². The molecule has 0 aromatic heterocycles. The third-order valence-corrected chi connectivity index (χ3v) is 6.29. The molecule has 2 saturated heterocycles. The Bertz CT molecular complexity index is 459. The number of carbonyl (C=O) groups excluding carboxylic acids is 2. The number of aliphatic hydroxyl groups is 1. The lowest BCUT2D eigenvalue weighted by Crippen LogP contribution is -2.48. The molecule has 3 aliphatic rings. The zero-order valence-corrected chi connectivity index (χ0v) is 15.3. The van der Waals surface area contributed by atoms with Crippen molar-refractivity contribution in [3.63, 3.8) is 0 Å². The van der Waals surface area contributed by atoms with Crippen LogP contribution in [0.1, 0.15) is 51.4 Å². The van der Waals surface area contributed by atoms with Crippen LogP contribution in [0.2, 0.25) is 0 Å². The molecular weight excluding hydrogens is 318 g/mol. The van der Waals surface area contributed by atoms with Gasteiger partial charge in [-0.05, 0) is 45.1 Å². The molecule has 2 heterocycles. The second-order valence-electron chi connectivity index (χ2n) is 7.89. The van der Waals surface area contributed by atoms with Crippen LogP contribution in [0.4, 0.5) is 0 Å².